The van der Waals surface area contributed by atoms with Crippen molar-refractivity contribution in [2.75, 3.05) is 7.05 Å². The fraction of sp³-hybridized carbons (Fsp3) is 0.105. The Bertz CT molecular complexity index is 930. The van der Waals surface area contributed by atoms with E-state index >= 15 is 0 Å². The van der Waals surface area contributed by atoms with E-state index in [1.54, 1.807) is 12.1 Å². The van der Waals surface area contributed by atoms with Crippen molar-refractivity contribution in [3.05, 3.63) is 71.4 Å². The first-order valence-electron chi connectivity index (χ1n) is 8.02. The highest BCUT2D eigenvalue weighted by Gasteiger charge is 2.25. The van der Waals surface area contributed by atoms with Gasteiger partial charge in [-0.2, -0.15) is 0 Å². The van der Waals surface area contributed by atoms with Crippen LogP contribution in [0.3, 0.4) is 0 Å². The fourth-order valence-corrected chi connectivity index (χ4v) is 4.33. The van der Waals surface area contributed by atoms with Gasteiger partial charge in [0.1, 0.15) is 11.1 Å². The van der Waals surface area contributed by atoms with E-state index in [1.165, 1.54) is 42.3 Å². The summed E-state index contributed by atoms with van der Waals surface area (Å²) in [5, 5.41) is 5.92. The monoisotopic (exact) mass is 401 g/mol. The van der Waals surface area contributed by atoms with E-state index in [0.29, 0.717) is 10.0 Å². The van der Waals surface area contributed by atoms with E-state index in [-0.39, 0.29) is 5.82 Å². The lowest BCUT2D eigenvalue weighted by atomic mass is 10.1. The Morgan fingerprint density at radius 3 is 2.48 bits per heavy atom. The van der Waals surface area contributed by atoms with E-state index < -0.39 is 17.2 Å². The third-order valence-electron chi connectivity index (χ3n) is 3.65. The molecule has 8 heteroatoms. The van der Waals surface area contributed by atoms with Crippen LogP contribution in [0.2, 0.25) is 0 Å². The maximum atomic E-state index is 13.1. The molecule has 0 spiro atoms. The molecule has 27 heavy (non-hydrogen) atoms. The summed E-state index contributed by atoms with van der Waals surface area (Å²) in [7, 11) is 1.45. The van der Waals surface area contributed by atoms with E-state index in [2.05, 4.69) is 15.6 Å². The highest BCUT2D eigenvalue weighted by Crippen LogP contribution is 2.38. The highest BCUT2D eigenvalue weighted by atomic mass is 32.2. The molecule has 0 saturated carbocycles. The molecular weight excluding hydrogens is 385 g/mol. The summed E-state index contributed by atoms with van der Waals surface area (Å²) < 4.78 is 13.8. The number of halogens is 1. The molecule has 0 aliphatic carbocycles. The average Bonchev–Trinajstić information content (AvgIpc) is 3.16. The number of hydrogen-bond donors (Lipinski definition) is 2. The number of nitrogens with one attached hydrogen (secondary N) is 2. The molecular formula is C19H16FN3O2S2. The van der Waals surface area contributed by atoms with E-state index in [1.807, 2.05) is 35.7 Å². The molecule has 1 atom stereocenters. The third-order valence-corrected chi connectivity index (χ3v) is 5.87. The normalized spacial score (nSPS) is 11.6. The lowest BCUT2D eigenvalue weighted by Crippen LogP contribution is -2.39. The van der Waals surface area contributed by atoms with E-state index in [9.17, 15) is 14.0 Å². The average molecular weight is 401 g/mol. The van der Waals surface area contributed by atoms with Gasteiger partial charge < -0.3 is 5.32 Å². The molecule has 1 aromatic heterocycles. The van der Waals surface area contributed by atoms with Gasteiger partial charge in [-0.3, -0.25) is 10.1 Å². The summed E-state index contributed by atoms with van der Waals surface area (Å²) in [6, 6.07) is 14.7. The lowest BCUT2D eigenvalue weighted by molar-refractivity contribution is -0.119. The Balaban J connectivity index is 1.83. The van der Waals surface area contributed by atoms with Crippen LogP contribution in [0.25, 0.3) is 11.3 Å². The van der Waals surface area contributed by atoms with Crippen LogP contribution in [-0.4, -0.2) is 24.0 Å². The first-order chi connectivity index (χ1) is 13.1. The molecule has 3 amide bonds. The number of imide groups is 1. The number of nitrogens with zero attached hydrogens (tertiary/aromatic N) is 1. The second-order valence-electron chi connectivity index (χ2n) is 5.48. The number of hydrogen-bond acceptors (Lipinski definition) is 5. The standard InChI is InChI=1S/C19H16FN3O2S2/c1-21-18(25)23-17(24)16(13-5-3-2-4-6-13)27-19-22-15(11-26-19)12-7-9-14(20)10-8-12/h2-11,16H,1H3,(H2,21,23,24,25)/t16-/m1/s1. The Morgan fingerprint density at radius 2 is 1.81 bits per heavy atom. The Labute approximate surface area is 164 Å². The number of amides is 3. The third kappa shape index (κ3) is 4.93. The van der Waals surface area contributed by atoms with Crippen LogP contribution in [0.5, 0.6) is 0 Å². The molecule has 0 aliphatic heterocycles. The van der Waals surface area contributed by atoms with Crippen molar-refractivity contribution in [1.82, 2.24) is 15.6 Å². The van der Waals surface area contributed by atoms with Crippen molar-refractivity contribution in [3.63, 3.8) is 0 Å². The molecule has 3 aromatic rings. The number of benzene rings is 2. The van der Waals surface area contributed by atoms with Crippen LogP contribution >= 0.6 is 23.1 Å². The highest BCUT2D eigenvalue weighted by molar-refractivity contribution is 8.01. The number of urea groups is 1. The molecule has 3 rings (SSSR count). The molecule has 1 heterocycles. The number of thiazole rings is 1. The zero-order chi connectivity index (χ0) is 19.2. The van der Waals surface area contributed by atoms with Gasteiger partial charge in [0.2, 0.25) is 5.91 Å². The molecule has 0 radical (unpaired) electrons. The van der Waals surface area contributed by atoms with Gasteiger partial charge in [0.05, 0.1) is 5.69 Å². The number of aromatic nitrogens is 1. The number of carbonyl (C=O) groups is 2. The maximum absolute atomic E-state index is 13.1. The summed E-state index contributed by atoms with van der Waals surface area (Å²) in [4.78, 5) is 28.6. The second kappa shape index (κ2) is 8.79. The number of thioether (sulfide) groups is 1. The predicted molar refractivity (Wildman–Crippen MR) is 105 cm³/mol. The van der Waals surface area contributed by atoms with Gasteiger partial charge in [-0.15, -0.1) is 11.3 Å². The van der Waals surface area contributed by atoms with E-state index in [0.717, 1.165) is 11.1 Å². The topological polar surface area (TPSA) is 71.1 Å². The molecule has 0 saturated heterocycles. The Kier molecular flexibility index (Phi) is 6.20. The smallest absolute Gasteiger partial charge is 0.321 e. The maximum Gasteiger partial charge on any atom is 0.321 e. The van der Waals surface area contributed by atoms with Crippen LogP contribution in [0.4, 0.5) is 9.18 Å². The molecule has 0 fully saturated rings. The lowest BCUT2D eigenvalue weighted by Gasteiger charge is -2.14. The van der Waals surface area contributed by atoms with Gasteiger partial charge in [-0.05, 0) is 29.8 Å². The van der Waals surface area contributed by atoms with Gasteiger partial charge in [0.15, 0.2) is 4.34 Å². The molecule has 2 N–H and O–H groups in total. The molecule has 138 valence electrons. The summed E-state index contributed by atoms with van der Waals surface area (Å²) in [5.41, 5.74) is 2.27. The minimum atomic E-state index is -0.629. The van der Waals surface area contributed by atoms with Gasteiger partial charge >= 0.3 is 6.03 Å². The largest absolute Gasteiger partial charge is 0.341 e. The van der Waals surface area contributed by atoms with Crippen molar-refractivity contribution in [2.45, 2.75) is 9.59 Å². The minimum absolute atomic E-state index is 0.307. The van der Waals surface area contributed by atoms with Gasteiger partial charge in [0, 0.05) is 18.0 Å². The van der Waals surface area contributed by atoms with Gasteiger partial charge in [0.25, 0.3) is 0 Å². The zero-order valence-electron chi connectivity index (χ0n) is 14.3. The predicted octanol–water partition coefficient (Wildman–Crippen LogP) is 4.24. The summed E-state index contributed by atoms with van der Waals surface area (Å²) in [6.07, 6.45) is 0. The number of rotatable bonds is 5. The first-order valence-corrected chi connectivity index (χ1v) is 9.78. The van der Waals surface area contributed by atoms with Crippen LogP contribution < -0.4 is 10.6 Å². The molecule has 0 unspecified atom stereocenters. The molecule has 2 aromatic carbocycles. The van der Waals surface area contributed by atoms with Crippen LogP contribution in [-0.2, 0) is 4.79 Å². The van der Waals surface area contributed by atoms with Crippen LogP contribution in [0, 0.1) is 5.82 Å². The molecule has 5 nitrogen and oxygen atoms in total. The molecule has 0 bridgehead atoms. The second-order valence-corrected chi connectivity index (χ2v) is 7.69. The summed E-state index contributed by atoms with van der Waals surface area (Å²) in [6.45, 7) is 0. The van der Waals surface area contributed by atoms with Crippen molar-refractivity contribution in [3.8, 4) is 11.3 Å². The van der Waals surface area contributed by atoms with E-state index in [4.69, 9.17) is 0 Å². The quantitative estimate of drug-likeness (QED) is 0.628. The summed E-state index contributed by atoms with van der Waals surface area (Å²) >= 11 is 2.65. The van der Waals surface area contributed by atoms with Gasteiger partial charge in [-0.1, -0.05) is 42.1 Å². The SMILES string of the molecule is CNC(=O)NC(=O)[C@H](Sc1nc(-c2ccc(F)cc2)cs1)c1ccccc1. The Hall–Kier alpha value is -2.71. The van der Waals surface area contributed by atoms with Crippen molar-refractivity contribution >= 4 is 35.0 Å². The fourth-order valence-electron chi connectivity index (χ4n) is 2.31. The van der Waals surface area contributed by atoms with Gasteiger partial charge in [-0.25, -0.2) is 14.2 Å². The number of carbonyl (C=O) groups excluding carboxylic acids is 2. The van der Waals surface area contributed by atoms with Crippen LogP contribution in [0.1, 0.15) is 10.8 Å². The first kappa shape index (κ1) is 19.1. The minimum Gasteiger partial charge on any atom is -0.341 e. The van der Waals surface area contributed by atoms with Crippen molar-refractivity contribution in [1.29, 1.82) is 0 Å². The molecule has 0 aliphatic rings. The van der Waals surface area contributed by atoms with Crippen molar-refractivity contribution < 1.29 is 14.0 Å². The Morgan fingerprint density at radius 1 is 1.11 bits per heavy atom. The van der Waals surface area contributed by atoms with Crippen LogP contribution in [0.15, 0.2) is 64.3 Å². The van der Waals surface area contributed by atoms with Crippen molar-refractivity contribution in [2.24, 2.45) is 0 Å². The summed E-state index contributed by atoms with van der Waals surface area (Å²) in [5.74, 6) is -0.734. The zero-order valence-corrected chi connectivity index (χ0v) is 15.9.